The average Bonchev–Trinajstić information content (AvgIpc) is 2.79. The minimum Gasteiger partial charge on any atom is -0.496 e. The van der Waals surface area contributed by atoms with Crippen LogP contribution in [0.4, 0.5) is 13.2 Å². The minimum absolute atomic E-state index is 0.238. The Labute approximate surface area is 196 Å². The molecule has 8 heteroatoms. The Bertz CT molecular complexity index is 1050. The third-order valence-corrected chi connectivity index (χ3v) is 6.02. The number of methoxy groups -OCH3 is 1. The molecule has 1 N–H and O–H groups in total. The van der Waals surface area contributed by atoms with Crippen LogP contribution in [0, 0.1) is 0 Å². The summed E-state index contributed by atoms with van der Waals surface area (Å²) >= 11 is 1.59. The summed E-state index contributed by atoms with van der Waals surface area (Å²) in [6.07, 6.45) is -5.47. The van der Waals surface area contributed by atoms with Gasteiger partial charge in [-0.2, -0.15) is 13.2 Å². The first-order chi connectivity index (χ1) is 15.8. The Kier molecular flexibility index (Phi) is 8.66. The minimum atomic E-state index is -4.51. The number of para-hydroxylation sites is 2. The molecule has 0 aliphatic heterocycles. The molecule has 0 radical (unpaired) electrons. The van der Waals surface area contributed by atoms with Crippen LogP contribution in [0.5, 0.6) is 11.5 Å². The van der Waals surface area contributed by atoms with E-state index < -0.39 is 17.8 Å². The maximum absolute atomic E-state index is 13.1. The van der Waals surface area contributed by atoms with Crippen molar-refractivity contribution in [3.05, 3.63) is 83.9 Å². The van der Waals surface area contributed by atoms with Gasteiger partial charge >= 0.3 is 6.18 Å². The summed E-state index contributed by atoms with van der Waals surface area (Å²) in [4.78, 5) is 3.95. The number of ether oxygens (including phenoxy) is 2. The van der Waals surface area contributed by atoms with Crippen molar-refractivity contribution in [3.63, 3.8) is 0 Å². The van der Waals surface area contributed by atoms with Crippen LogP contribution in [0.25, 0.3) is 0 Å². The zero-order chi connectivity index (χ0) is 23.8. The SMILES string of the molecule is COc1ccccc1Sc1ccccc1CN(C)CC(O)COc1ccccc1C(F)(F)F. The van der Waals surface area contributed by atoms with E-state index in [9.17, 15) is 18.3 Å². The molecule has 176 valence electrons. The second-order valence-corrected chi connectivity index (χ2v) is 8.60. The van der Waals surface area contributed by atoms with Crippen LogP contribution in [0.1, 0.15) is 11.1 Å². The largest absolute Gasteiger partial charge is 0.496 e. The molecule has 0 saturated carbocycles. The molecule has 0 amide bonds. The van der Waals surface area contributed by atoms with Gasteiger partial charge < -0.3 is 14.6 Å². The molecule has 0 aliphatic rings. The summed E-state index contributed by atoms with van der Waals surface area (Å²) in [6.45, 7) is 0.547. The lowest BCUT2D eigenvalue weighted by Gasteiger charge is -2.22. The number of hydrogen-bond acceptors (Lipinski definition) is 5. The Morgan fingerprint density at radius 1 is 0.909 bits per heavy atom. The quantitative estimate of drug-likeness (QED) is 0.404. The van der Waals surface area contributed by atoms with Gasteiger partial charge in [0.05, 0.1) is 17.6 Å². The average molecular weight is 478 g/mol. The second kappa shape index (κ2) is 11.4. The third-order valence-electron chi connectivity index (χ3n) is 4.85. The fourth-order valence-electron chi connectivity index (χ4n) is 3.34. The van der Waals surface area contributed by atoms with Crippen molar-refractivity contribution < 1.29 is 27.8 Å². The summed E-state index contributed by atoms with van der Waals surface area (Å²) in [5.74, 6) is 0.502. The fraction of sp³-hybridized carbons (Fsp3) is 0.280. The van der Waals surface area contributed by atoms with E-state index in [0.29, 0.717) is 6.54 Å². The van der Waals surface area contributed by atoms with Crippen LogP contribution in [0.3, 0.4) is 0 Å². The van der Waals surface area contributed by atoms with Gasteiger partial charge in [-0.3, -0.25) is 4.90 Å². The number of nitrogens with zero attached hydrogens (tertiary/aromatic N) is 1. The van der Waals surface area contributed by atoms with E-state index in [-0.39, 0.29) is 18.9 Å². The number of aliphatic hydroxyl groups is 1. The van der Waals surface area contributed by atoms with Crippen molar-refractivity contribution in [1.82, 2.24) is 4.90 Å². The van der Waals surface area contributed by atoms with Gasteiger partial charge in [0.2, 0.25) is 0 Å². The lowest BCUT2D eigenvalue weighted by molar-refractivity contribution is -0.139. The fourth-order valence-corrected chi connectivity index (χ4v) is 4.38. The molecule has 33 heavy (non-hydrogen) atoms. The van der Waals surface area contributed by atoms with E-state index in [1.165, 1.54) is 18.2 Å². The molecule has 3 aromatic carbocycles. The molecule has 1 atom stereocenters. The van der Waals surface area contributed by atoms with Gasteiger partial charge in [-0.1, -0.05) is 54.2 Å². The third kappa shape index (κ3) is 7.15. The summed E-state index contributed by atoms with van der Waals surface area (Å²) in [6, 6.07) is 20.7. The number of likely N-dealkylation sites (N-methyl/N-ethyl adjacent to an activating group) is 1. The van der Waals surface area contributed by atoms with Gasteiger partial charge in [0.15, 0.2) is 0 Å². The first-order valence-corrected chi connectivity index (χ1v) is 11.1. The van der Waals surface area contributed by atoms with Crippen LogP contribution in [0.2, 0.25) is 0 Å². The zero-order valence-electron chi connectivity index (χ0n) is 18.4. The molecular formula is C25H26F3NO3S. The highest BCUT2D eigenvalue weighted by atomic mass is 32.2. The molecule has 0 spiro atoms. The lowest BCUT2D eigenvalue weighted by atomic mass is 10.2. The monoisotopic (exact) mass is 477 g/mol. The van der Waals surface area contributed by atoms with Crippen LogP contribution < -0.4 is 9.47 Å². The molecule has 1 unspecified atom stereocenters. The van der Waals surface area contributed by atoms with Gasteiger partial charge in [0, 0.05) is 18.0 Å². The van der Waals surface area contributed by atoms with Crippen molar-refractivity contribution in [1.29, 1.82) is 0 Å². The van der Waals surface area contributed by atoms with E-state index in [0.717, 1.165) is 27.2 Å². The van der Waals surface area contributed by atoms with Crippen LogP contribution in [-0.2, 0) is 12.7 Å². The highest BCUT2D eigenvalue weighted by Crippen LogP contribution is 2.37. The molecule has 0 aliphatic carbocycles. The first kappa shape index (κ1) is 25.0. The Hall–Kier alpha value is -2.68. The second-order valence-electron chi connectivity index (χ2n) is 7.52. The highest BCUT2D eigenvalue weighted by molar-refractivity contribution is 7.99. The van der Waals surface area contributed by atoms with Crippen LogP contribution in [0.15, 0.2) is 82.6 Å². The Balaban J connectivity index is 1.60. The normalized spacial score (nSPS) is 12.6. The predicted molar refractivity (Wildman–Crippen MR) is 123 cm³/mol. The summed E-state index contributed by atoms with van der Waals surface area (Å²) in [5.41, 5.74) is 0.208. The number of rotatable bonds is 10. The molecule has 3 rings (SSSR count). The maximum atomic E-state index is 13.1. The number of aliphatic hydroxyl groups excluding tert-OH is 1. The van der Waals surface area contributed by atoms with Crippen LogP contribution in [-0.4, -0.2) is 43.4 Å². The van der Waals surface area contributed by atoms with Crippen molar-refractivity contribution in [2.75, 3.05) is 27.3 Å². The zero-order valence-corrected chi connectivity index (χ0v) is 19.2. The molecule has 0 saturated heterocycles. The van der Waals surface area contributed by atoms with Crippen LogP contribution >= 0.6 is 11.8 Å². The standard InChI is InChI=1S/C25H26F3NO3S/c1-29(16-19(30)17-32-21-11-5-4-10-20(21)25(26,27)28)15-18-9-3-7-13-23(18)33-24-14-8-6-12-22(24)31-2/h3-14,19,30H,15-17H2,1-2H3. The molecule has 0 heterocycles. The lowest BCUT2D eigenvalue weighted by Crippen LogP contribution is -2.33. The summed E-state index contributed by atoms with van der Waals surface area (Å²) < 4.78 is 50.0. The van der Waals surface area contributed by atoms with Crippen molar-refractivity contribution >= 4 is 11.8 Å². The van der Waals surface area contributed by atoms with Gasteiger partial charge in [-0.05, 0) is 42.9 Å². The first-order valence-electron chi connectivity index (χ1n) is 10.3. The topological polar surface area (TPSA) is 41.9 Å². The maximum Gasteiger partial charge on any atom is 0.419 e. The Morgan fingerprint density at radius 3 is 2.21 bits per heavy atom. The highest BCUT2D eigenvalue weighted by Gasteiger charge is 2.34. The van der Waals surface area contributed by atoms with E-state index in [1.54, 1.807) is 18.9 Å². The molecule has 0 fully saturated rings. The number of benzene rings is 3. The number of halogens is 3. The van der Waals surface area contributed by atoms with Crippen molar-refractivity contribution in [3.8, 4) is 11.5 Å². The van der Waals surface area contributed by atoms with Gasteiger partial charge in [0.1, 0.15) is 24.2 Å². The van der Waals surface area contributed by atoms with Gasteiger partial charge in [-0.15, -0.1) is 0 Å². The summed E-state index contributed by atoms with van der Waals surface area (Å²) in [5, 5.41) is 10.4. The van der Waals surface area contributed by atoms with Gasteiger partial charge in [-0.25, -0.2) is 0 Å². The smallest absolute Gasteiger partial charge is 0.419 e. The van der Waals surface area contributed by atoms with Gasteiger partial charge in [0.25, 0.3) is 0 Å². The van der Waals surface area contributed by atoms with E-state index >= 15 is 0 Å². The molecule has 0 aromatic heterocycles. The number of alkyl halides is 3. The van der Waals surface area contributed by atoms with Crippen molar-refractivity contribution in [2.45, 2.75) is 28.6 Å². The molecule has 4 nitrogen and oxygen atoms in total. The molecule has 0 bridgehead atoms. The molecular weight excluding hydrogens is 451 g/mol. The predicted octanol–water partition coefficient (Wildman–Crippen LogP) is 5.74. The van der Waals surface area contributed by atoms with E-state index in [2.05, 4.69) is 0 Å². The molecule has 3 aromatic rings. The summed E-state index contributed by atoms with van der Waals surface area (Å²) in [7, 11) is 3.48. The van der Waals surface area contributed by atoms with E-state index in [1.807, 2.05) is 60.5 Å². The van der Waals surface area contributed by atoms with Crippen molar-refractivity contribution in [2.24, 2.45) is 0 Å². The number of hydrogen-bond donors (Lipinski definition) is 1. The Morgan fingerprint density at radius 2 is 1.52 bits per heavy atom. The van der Waals surface area contributed by atoms with E-state index in [4.69, 9.17) is 9.47 Å².